The molecule has 1 atom stereocenters. The number of likely N-dealkylation sites (tertiary alicyclic amines) is 1. The van der Waals surface area contributed by atoms with E-state index in [0.717, 1.165) is 18.7 Å². The highest BCUT2D eigenvalue weighted by atomic mass is 16.5. The minimum Gasteiger partial charge on any atom is -0.484 e. The number of nitrogens with one attached hydrogen (secondary N) is 2. The number of amides is 2. The molecule has 0 unspecified atom stereocenters. The monoisotopic (exact) mass is 396 g/mol. The average Bonchev–Trinajstić information content (AvgIpc) is 3.28. The molecule has 2 N–H and O–H groups in total. The highest BCUT2D eigenvalue weighted by Crippen LogP contribution is 2.24. The van der Waals surface area contributed by atoms with Crippen LogP contribution in [-0.2, 0) is 9.59 Å². The van der Waals surface area contributed by atoms with E-state index in [9.17, 15) is 9.59 Å². The van der Waals surface area contributed by atoms with Gasteiger partial charge in [-0.05, 0) is 61.8 Å². The van der Waals surface area contributed by atoms with Crippen LogP contribution in [0.2, 0.25) is 0 Å². The van der Waals surface area contributed by atoms with Crippen LogP contribution in [0, 0.1) is 0 Å². The summed E-state index contributed by atoms with van der Waals surface area (Å²) in [6.45, 7) is 4.34. The molecule has 2 amide bonds. The third kappa shape index (κ3) is 6.29. The van der Waals surface area contributed by atoms with Gasteiger partial charge in [0.2, 0.25) is 5.91 Å². The fourth-order valence-electron chi connectivity index (χ4n) is 3.38. The van der Waals surface area contributed by atoms with Crippen molar-refractivity contribution < 1.29 is 14.3 Å². The number of nitrogens with zero attached hydrogens (tertiary/aromatic N) is 2. The highest BCUT2D eigenvalue weighted by molar-refractivity contribution is 5.90. The van der Waals surface area contributed by atoms with E-state index in [-0.39, 0.29) is 24.5 Å². The lowest BCUT2D eigenvalue weighted by Crippen LogP contribution is -2.38. The van der Waals surface area contributed by atoms with Crippen molar-refractivity contribution in [3.05, 3.63) is 54.4 Å². The molecule has 1 aromatic carbocycles. The fourth-order valence-corrected chi connectivity index (χ4v) is 3.38. The molecule has 7 heteroatoms. The Bertz CT molecular complexity index is 789. The van der Waals surface area contributed by atoms with Crippen LogP contribution in [0.4, 0.5) is 5.69 Å². The summed E-state index contributed by atoms with van der Waals surface area (Å²) in [5.74, 6) is 0.374. The Labute approximate surface area is 171 Å². The first kappa shape index (κ1) is 20.8. The van der Waals surface area contributed by atoms with E-state index in [0.29, 0.717) is 24.4 Å². The van der Waals surface area contributed by atoms with Gasteiger partial charge in [0, 0.05) is 31.0 Å². The normalized spacial score (nSPS) is 14.9. The van der Waals surface area contributed by atoms with Gasteiger partial charge in [-0.1, -0.05) is 13.0 Å². The lowest BCUT2D eigenvalue weighted by Gasteiger charge is -2.27. The zero-order valence-electron chi connectivity index (χ0n) is 16.8. The average molecular weight is 396 g/mol. The van der Waals surface area contributed by atoms with Crippen LogP contribution in [0.25, 0.3) is 0 Å². The predicted octanol–water partition coefficient (Wildman–Crippen LogP) is 2.76. The molecule has 0 aliphatic carbocycles. The van der Waals surface area contributed by atoms with Gasteiger partial charge < -0.3 is 15.4 Å². The second-order valence-corrected chi connectivity index (χ2v) is 7.06. The van der Waals surface area contributed by atoms with E-state index in [2.05, 4.69) is 26.6 Å². The molecule has 3 rings (SSSR count). The zero-order chi connectivity index (χ0) is 20.5. The molecule has 0 radical (unpaired) electrons. The van der Waals surface area contributed by atoms with E-state index in [1.807, 2.05) is 12.3 Å². The van der Waals surface area contributed by atoms with Gasteiger partial charge in [0.15, 0.2) is 6.61 Å². The molecule has 0 bridgehead atoms. The zero-order valence-corrected chi connectivity index (χ0v) is 16.8. The number of aromatic nitrogens is 1. The molecule has 2 aromatic rings. The Morgan fingerprint density at radius 2 is 1.90 bits per heavy atom. The van der Waals surface area contributed by atoms with Crippen molar-refractivity contribution >= 4 is 17.5 Å². The van der Waals surface area contributed by atoms with Crippen LogP contribution in [0.15, 0.2) is 48.8 Å². The number of carbonyl (C=O) groups excluding carboxylic acids is 2. The largest absolute Gasteiger partial charge is 0.484 e. The van der Waals surface area contributed by atoms with Crippen molar-refractivity contribution in [2.45, 2.75) is 32.2 Å². The molecule has 0 spiro atoms. The van der Waals surface area contributed by atoms with Crippen LogP contribution >= 0.6 is 0 Å². The van der Waals surface area contributed by atoms with Gasteiger partial charge in [0.05, 0.1) is 6.04 Å². The molecular formula is C22H28N4O3. The first-order valence-electron chi connectivity index (χ1n) is 10.1. The molecule has 7 nitrogen and oxygen atoms in total. The molecule has 1 fully saturated rings. The number of carbonyl (C=O) groups is 2. The van der Waals surface area contributed by atoms with Gasteiger partial charge in [0.1, 0.15) is 5.75 Å². The molecule has 1 aromatic heterocycles. The highest BCUT2D eigenvalue weighted by Gasteiger charge is 2.24. The molecule has 0 saturated carbocycles. The summed E-state index contributed by atoms with van der Waals surface area (Å²) in [6, 6.07) is 11.1. The van der Waals surface area contributed by atoms with Crippen molar-refractivity contribution in [2.24, 2.45) is 0 Å². The summed E-state index contributed by atoms with van der Waals surface area (Å²) in [6.07, 6.45) is 6.42. The fraction of sp³-hybridized carbons (Fsp3) is 0.409. The third-order valence-corrected chi connectivity index (χ3v) is 4.97. The lowest BCUT2D eigenvalue weighted by molar-refractivity contribution is -0.123. The van der Waals surface area contributed by atoms with Gasteiger partial charge in [-0.25, -0.2) is 0 Å². The Morgan fingerprint density at radius 1 is 1.14 bits per heavy atom. The van der Waals surface area contributed by atoms with Crippen molar-refractivity contribution in [2.75, 3.05) is 31.6 Å². The Kier molecular flexibility index (Phi) is 7.58. The lowest BCUT2D eigenvalue weighted by atomic mass is 10.1. The number of pyridine rings is 1. The Hall–Kier alpha value is -2.93. The summed E-state index contributed by atoms with van der Waals surface area (Å²) in [5.41, 5.74) is 1.82. The molecule has 29 heavy (non-hydrogen) atoms. The predicted molar refractivity (Wildman–Crippen MR) is 112 cm³/mol. The van der Waals surface area contributed by atoms with Crippen LogP contribution < -0.4 is 15.4 Å². The van der Waals surface area contributed by atoms with Crippen molar-refractivity contribution in [1.29, 1.82) is 0 Å². The summed E-state index contributed by atoms with van der Waals surface area (Å²) >= 11 is 0. The summed E-state index contributed by atoms with van der Waals surface area (Å²) in [5, 5.41) is 5.76. The SMILES string of the molecule is CCC(=O)Nc1ccc(OCC(=O)NC[C@@H](c2cccnc2)N2CCCC2)cc1. The summed E-state index contributed by atoms with van der Waals surface area (Å²) in [7, 11) is 0. The molecule has 1 aliphatic heterocycles. The standard InChI is InChI=1S/C22H28N4O3/c1-2-21(27)25-18-7-9-19(10-8-18)29-16-22(28)24-15-20(26-12-3-4-13-26)17-6-5-11-23-14-17/h5-11,14,20H,2-4,12-13,15-16H2,1H3,(H,24,28)(H,25,27)/t20-/m0/s1. The van der Waals surface area contributed by atoms with Gasteiger partial charge in [-0.2, -0.15) is 0 Å². The van der Waals surface area contributed by atoms with Gasteiger partial charge in [-0.15, -0.1) is 0 Å². The van der Waals surface area contributed by atoms with Crippen LogP contribution in [0.1, 0.15) is 37.8 Å². The minimum atomic E-state index is -0.165. The van der Waals surface area contributed by atoms with Crippen molar-refractivity contribution in [3.63, 3.8) is 0 Å². The molecule has 2 heterocycles. The van der Waals surface area contributed by atoms with Crippen molar-refractivity contribution in [1.82, 2.24) is 15.2 Å². The maximum atomic E-state index is 12.3. The third-order valence-electron chi connectivity index (χ3n) is 4.97. The number of ether oxygens (including phenoxy) is 1. The second-order valence-electron chi connectivity index (χ2n) is 7.06. The first-order valence-corrected chi connectivity index (χ1v) is 10.1. The number of rotatable bonds is 9. The van der Waals surface area contributed by atoms with E-state index in [1.165, 1.54) is 12.8 Å². The number of hydrogen-bond donors (Lipinski definition) is 2. The van der Waals surface area contributed by atoms with E-state index < -0.39 is 0 Å². The summed E-state index contributed by atoms with van der Waals surface area (Å²) < 4.78 is 5.57. The van der Waals surface area contributed by atoms with Gasteiger partial charge in [-0.3, -0.25) is 19.5 Å². The quantitative estimate of drug-likeness (QED) is 0.681. The van der Waals surface area contributed by atoms with Gasteiger partial charge in [0.25, 0.3) is 5.91 Å². The number of anilines is 1. The molecule has 1 saturated heterocycles. The number of benzene rings is 1. The van der Waals surface area contributed by atoms with Gasteiger partial charge >= 0.3 is 0 Å². The van der Waals surface area contributed by atoms with Crippen LogP contribution in [0.3, 0.4) is 0 Å². The van der Waals surface area contributed by atoms with Crippen LogP contribution in [0.5, 0.6) is 5.75 Å². The maximum Gasteiger partial charge on any atom is 0.258 e. The van der Waals surface area contributed by atoms with E-state index in [1.54, 1.807) is 37.4 Å². The number of hydrogen-bond acceptors (Lipinski definition) is 5. The van der Waals surface area contributed by atoms with E-state index >= 15 is 0 Å². The molecule has 154 valence electrons. The maximum absolute atomic E-state index is 12.3. The van der Waals surface area contributed by atoms with E-state index in [4.69, 9.17) is 4.74 Å². The Balaban J connectivity index is 1.48. The minimum absolute atomic E-state index is 0.0424. The molecule has 1 aliphatic rings. The van der Waals surface area contributed by atoms with Crippen molar-refractivity contribution in [3.8, 4) is 5.75 Å². The Morgan fingerprint density at radius 3 is 2.55 bits per heavy atom. The topological polar surface area (TPSA) is 83.6 Å². The van der Waals surface area contributed by atoms with Crippen LogP contribution in [-0.4, -0.2) is 47.9 Å². The first-order chi connectivity index (χ1) is 14.2. The second kappa shape index (κ2) is 10.6. The molecular weight excluding hydrogens is 368 g/mol. The summed E-state index contributed by atoms with van der Waals surface area (Å²) in [4.78, 5) is 30.3. The smallest absolute Gasteiger partial charge is 0.258 e.